The number of hydrogen-bond donors (Lipinski definition) is 0. The Hall–Kier alpha value is -3.17. The Labute approximate surface area is 128 Å². The van der Waals surface area contributed by atoms with Gasteiger partial charge in [-0.05, 0) is 17.1 Å². The van der Waals surface area contributed by atoms with Gasteiger partial charge in [0.05, 0.1) is 10.8 Å². The molecule has 3 rings (SSSR count). The fourth-order valence-corrected chi connectivity index (χ4v) is 2.25. The molecule has 3 aromatic rings. The maximum Gasteiger partial charge on any atom is 0.534 e. The van der Waals surface area contributed by atoms with Gasteiger partial charge in [-0.15, -0.1) is 4.98 Å². The summed E-state index contributed by atoms with van der Waals surface area (Å²) in [6, 6.07) is 2.28. The van der Waals surface area contributed by atoms with Gasteiger partial charge in [0.25, 0.3) is 11.0 Å². The second kappa shape index (κ2) is 4.91. The summed E-state index contributed by atoms with van der Waals surface area (Å²) >= 11 is 0. The fraction of sp³-hybridized carbons (Fsp3) is 0.125. The molecule has 0 aliphatic rings. The maximum atomic E-state index is 12.6. The zero-order chi connectivity index (χ0) is 17.7. The molecule has 3 aromatic heterocycles. The van der Waals surface area contributed by atoms with Crippen molar-refractivity contribution in [1.29, 1.82) is 0 Å². The average Bonchev–Trinajstić information content (AvgIpc) is 2.94. The minimum Gasteiger partial charge on any atom is -0.366 e. The molecule has 0 radical (unpaired) electrons. The van der Waals surface area contributed by atoms with Crippen LogP contribution in [-0.4, -0.2) is 44.1 Å². The number of alkyl halides is 3. The van der Waals surface area contributed by atoms with Crippen LogP contribution in [0, 0.1) is 10.1 Å². The van der Waals surface area contributed by atoms with Gasteiger partial charge in [0.1, 0.15) is 15.2 Å². The summed E-state index contributed by atoms with van der Waals surface area (Å²) in [7, 11) is -6.17. The predicted octanol–water partition coefficient (Wildman–Crippen LogP) is -0.605. The van der Waals surface area contributed by atoms with E-state index in [0.29, 0.717) is 9.26 Å². The molecule has 16 heteroatoms. The van der Waals surface area contributed by atoms with Gasteiger partial charge in [0.2, 0.25) is 0 Å². The molecule has 0 amide bonds. The third-order valence-corrected chi connectivity index (χ3v) is 3.64. The number of hydrogen-bond acceptors (Lipinski definition) is 9. The summed E-state index contributed by atoms with van der Waals surface area (Å²) in [6.07, 6.45) is 1.19. The monoisotopic (exact) mass is 366 g/mol. The number of aromatic nitrogens is 6. The van der Waals surface area contributed by atoms with Crippen LogP contribution in [-0.2, 0) is 10.1 Å². The van der Waals surface area contributed by atoms with E-state index in [0.717, 1.165) is 6.07 Å². The van der Waals surface area contributed by atoms with Crippen LogP contribution >= 0.6 is 0 Å². The molecule has 0 fully saturated rings. The van der Waals surface area contributed by atoms with E-state index in [-0.39, 0.29) is 5.65 Å². The van der Waals surface area contributed by atoms with E-state index in [1.807, 2.05) is 0 Å². The standard InChI is InChI=1S/C8H3F3N7O5S/c9-8(10,11)24(21,22)23-5-4-2-1-3-12-6(4)16-14-13-15-17(16)7(5)18(19)20/h1-3H/q+1. The zero-order valence-electron chi connectivity index (χ0n) is 10.9. The van der Waals surface area contributed by atoms with E-state index in [1.165, 1.54) is 12.3 Å². The van der Waals surface area contributed by atoms with Crippen molar-refractivity contribution in [2.24, 2.45) is 0 Å². The Morgan fingerprint density at radius 1 is 1.38 bits per heavy atom. The summed E-state index contributed by atoms with van der Waals surface area (Å²) in [4.78, 5) is 13.8. The zero-order valence-corrected chi connectivity index (χ0v) is 11.8. The first-order valence-corrected chi connectivity index (χ1v) is 7.11. The average molecular weight is 366 g/mol. The largest absolute Gasteiger partial charge is 0.534 e. The molecule has 0 atom stereocenters. The van der Waals surface area contributed by atoms with E-state index in [1.54, 1.807) is 0 Å². The van der Waals surface area contributed by atoms with Crippen molar-refractivity contribution in [2.75, 3.05) is 0 Å². The van der Waals surface area contributed by atoms with Crippen molar-refractivity contribution >= 4 is 27.0 Å². The van der Waals surface area contributed by atoms with Crippen LogP contribution in [0.3, 0.4) is 0 Å². The molecule has 0 aliphatic heterocycles. The van der Waals surface area contributed by atoms with Crippen molar-refractivity contribution in [3.05, 3.63) is 28.4 Å². The molecular formula is C8H3F3N7O5S+. The predicted molar refractivity (Wildman–Crippen MR) is 64.0 cm³/mol. The fourth-order valence-electron chi connectivity index (χ4n) is 1.77. The third-order valence-electron chi connectivity index (χ3n) is 2.69. The van der Waals surface area contributed by atoms with Crippen molar-refractivity contribution in [3.63, 3.8) is 0 Å². The molecule has 0 bridgehead atoms. The molecule has 0 spiro atoms. The Morgan fingerprint density at radius 3 is 2.71 bits per heavy atom. The molecule has 12 nitrogen and oxygen atoms in total. The quantitative estimate of drug-likeness (QED) is 0.195. The Balaban J connectivity index is 2.44. The van der Waals surface area contributed by atoms with E-state index < -0.39 is 37.5 Å². The lowest BCUT2D eigenvalue weighted by atomic mass is 10.3. The van der Waals surface area contributed by atoms with Crippen molar-refractivity contribution in [3.8, 4) is 5.75 Å². The summed E-state index contributed by atoms with van der Waals surface area (Å²) in [5, 5.41) is 20.6. The third kappa shape index (κ3) is 2.23. The smallest absolute Gasteiger partial charge is 0.366 e. The van der Waals surface area contributed by atoms with E-state index in [4.69, 9.17) is 0 Å². The summed E-state index contributed by atoms with van der Waals surface area (Å²) < 4.78 is 65.2. The number of rotatable bonds is 3. The number of halogens is 3. The van der Waals surface area contributed by atoms with E-state index >= 15 is 0 Å². The molecule has 126 valence electrons. The highest BCUT2D eigenvalue weighted by Crippen LogP contribution is 2.35. The summed E-state index contributed by atoms with van der Waals surface area (Å²) in [5.74, 6) is -2.44. The van der Waals surface area contributed by atoms with Gasteiger partial charge in [-0.25, -0.2) is 0 Å². The van der Waals surface area contributed by atoms with Crippen LogP contribution in [0.25, 0.3) is 11.0 Å². The van der Waals surface area contributed by atoms with Crippen LogP contribution in [0.15, 0.2) is 18.3 Å². The first kappa shape index (κ1) is 15.7. The summed E-state index contributed by atoms with van der Waals surface area (Å²) in [5.41, 5.74) is -6.06. The molecule has 0 N–H and O–H groups in total. The Kier molecular flexibility index (Phi) is 3.22. The normalized spacial score (nSPS) is 12.6. The van der Waals surface area contributed by atoms with Gasteiger partial charge in [-0.2, -0.15) is 21.6 Å². The maximum absolute atomic E-state index is 12.6. The molecular weight excluding hydrogens is 363 g/mol. The van der Waals surface area contributed by atoms with Crippen LogP contribution in [0.4, 0.5) is 19.0 Å². The number of nitrogens with zero attached hydrogens (tertiary/aromatic N) is 7. The van der Waals surface area contributed by atoms with Gasteiger partial charge in [0.15, 0.2) is 5.21 Å². The Morgan fingerprint density at radius 2 is 2.08 bits per heavy atom. The van der Waals surface area contributed by atoms with Crippen LogP contribution in [0.1, 0.15) is 0 Å². The van der Waals surface area contributed by atoms with Crippen molar-refractivity contribution < 1.29 is 35.3 Å². The topological polar surface area (TPSA) is 147 Å². The van der Waals surface area contributed by atoms with Crippen LogP contribution in [0.5, 0.6) is 5.75 Å². The highest BCUT2D eigenvalue weighted by atomic mass is 32.2. The minimum absolute atomic E-state index is 0.263. The van der Waals surface area contributed by atoms with Crippen LogP contribution in [0.2, 0.25) is 0 Å². The SMILES string of the molecule is O=[N+]([O-])c1c(OS(=O)(=O)C(F)(F)F)c2cccnc2[n+]2nnnn12. The second-order valence-electron chi connectivity index (χ2n) is 4.11. The Bertz CT molecular complexity index is 1080. The van der Waals surface area contributed by atoms with Gasteiger partial charge in [0, 0.05) is 0 Å². The molecule has 3 heterocycles. The molecule has 24 heavy (non-hydrogen) atoms. The summed E-state index contributed by atoms with van der Waals surface area (Å²) in [6.45, 7) is 0. The highest BCUT2D eigenvalue weighted by Gasteiger charge is 2.50. The lowest BCUT2D eigenvalue weighted by Crippen LogP contribution is -2.36. The molecule has 0 saturated heterocycles. The van der Waals surface area contributed by atoms with Crippen molar-refractivity contribution in [2.45, 2.75) is 5.51 Å². The first-order chi connectivity index (χ1) is 11.1. The van der Waals surface area contributed by atoms with E-state index in [9.17, 15) is 31.7 Å². The number of fused-ring (bicyclic) bond motifs is 3. The van der Waals surface area contributed by atoms with Gasteiger partial charge < -0.3 is 14.3 Å². The molecule has 0 aliphatic carbocycles. The molecule has 0 saturated carbocycles. The van der Waals surface area contributed by atoms with E-state index in [2.05, 4.69) is 24.8 Å². The number of nitro groups is 1. The molecule has 0 aromatic carbocycles. The van der Waals surface area contributed by atoms with Gasteiger partial charge in [-0.3, -0.25) is 0 Å². The van der Waals surface area contributed by atoms with Crippen molar-refractivity contribution in [1.82, 2.24) is 25.3 Å². The highest BCUT2D eigenvalue weighted by molar-refractivity contribution is 7.88. The minimum atomic E-state index is -6.17. The lowest BCUT2D eigenvalue weighted by molar-refractivity contribution is -0.666. The first-order valence-electron chi connectivity index (χ1n) is 5.70. The number of pyridine rings is 1. The molecule has 0 unspecified atom stereocenters. The lowest BCUT2D eigenvalue weighted by Gasteiger charge is -2.10. The van der Waals surface area contributed by atoms with Crippen LogP contribution < -0.4 is 8.81 Å². The van der Waals surface area contributed by atoms with Gasteiger partial charge >= 0.3 is 27.1 Å². The van der Waals surface area contributed by atoms with Gasteiger partial charge in [-0.1, -0.05) is 0 Å². The second-order valence-corrected chi connectivity index (χ2v) is 5.65.